The third kappa shape index (κ3) is 7.94. The van der Waals surface area contributed by atoms with Gasteiger partial charge >= 0.3 is 0 Å². The van der Waals surface area contributed by atoms with Crippen LogP contribution in [0.25, 0.3) is 0 Å². The predicted molar refractivity (Wildman–Crippen MR) is 174 cm³/mol. The van der Waals surface area contributed by atoms with Crippen molar-refractivity contribution in [3.05, 3.63) is 94.3 Å². The number of nitrogens with zero attached hydrogens (tertiary/aromatic N) is 3. The van der Waals surface area contributed by atoms with E-state index in [-0.39, 0.29) is 28.6 Å². The minimum absolute atomic E-state index is 0.103. The van der Waals surface area contributed by atoms with Crippen LogP contribution in [-0.2, 0) is 24.0 Å². The molecule has 0 saturated carbocycles. The lowest BCUT2D eigenvalue weighted by Crippen LogP contribution is -2.27. The van der Waals surface area contributed by atoms with Gasteiger partial charge in [0.15, 0.2) is 11.4 Å². The molecule has 0 bridgehead atoms. The van der Waals surface area contributed by atoms with Crippen molar-refractivity contribution in [2.45, 2.75) is 72.4 Å². The number of carbonyl (C=O) groups is 1. The summed E-state index contributed by atoms with van der Waals surface area (Å²) in [5.41, 5.74) is 3.95. The number of benzene rings is 1. The number of aromatic nitrogens is 2. The van der Waals surface area contributed by atoms with Crippen molar-refractivity contribution in [1.29, 1.82) is 0 Å². The Morgan fingerprint density at radius 1 is 1.02 bits per heavy atom. The van der Waals surface area contributed by atoms with Crippen LogP contribution in [0.1, 0.15) is 85.9 Å². The summed E-state index contributed by atoms with van der Waals surface area (Å²) in [6.07, 6.45) is 2.05. The molecule has 0 aliphatic heterocycles. The van der Waals surface area contributed by atoms with E-state index in [9.17, 15) is 9.90 Å². The molecule has 1 aromatic carbocycles. The zero-order valence-corrected chi connectivity index (χ0v) is 27.7. The van der Waals surface area contributed by atoms with Gasteiger partial charge in [-0.15, -0.1) is 0 Å². The van der Waals surface area contributed by atoms with E-state index in [1.165, 1.54) is 14.2 Å². The fourth-order valence-corrected chi connectivity index (χ4v) is 5.10. The smallest absolute Gasteiger partial charge is 0.291 e. The Morgan fingerprint density at radius 2 is 1.69 bits per heavy atom. The quantitative estimate of drug-likeness (QED) is 0.163. The minimum Gasteiger partial charge on any atom is -0.479 e. The summed E-state index contributed by atoms with van der Waals surface area (Å²) in [4.78, 5) is 24.4. The highest BCUT2D eigenvalue weighted by atomic mass is 16.5. The van der Waals surface area contributed by atoms with Gasteiger partial charge in [-0.3, -0.25) is 4.79 Å². The van der Waals surface area contributed by atoms with E-state index in [0.29, 0.717) is 31.2 Å². The molecule has 0 atom stereocenters. The first-order valence-corrected chi connectivity index (χ1v) is 14.8. The molecular weight excluding hydrogens is 572 g/mol. The van der Waals surface area contributed by atoms with Crippen molar-refractivity contribution < 1.29 is 28.2 Å². The number of carbonyl (C=O) groups excluding carboxylic acids is 1. The molecule has 240 valence electrons. The van der Waals surface area contributed by atoms with E-state index >= 15 is 0 Å². The molecule has 0 saturated heterocycles. The number of methoxy groups -OCH3 is 2. The molecule has 2 N–H and O–H groups in total. The number of aryl methyl sites for hydroxylation is 1. The summed E-state index contributed by atoms with van der Waals surface area (Å²) < 4.78 is 22.6. The van der Waals surface area contributed by atoms with Gasteiger partial charge in [-0.25, -0.2) is 0 Å². The molecule has 4 aromatic rings. The lowest BCUT2D eigenvalue weighted by atomic mass is 9.77. The summed E-state index contributed by atoms with van der Waals surface area (Å²) in [6, 6.07) is 11.2. The number of furan rings is 2. The second-order valence-corrected chi connectivity index (χ2v) is 12.8. The average Bonchev–Trinajstić information content (AvgIpc) is 3.64. The molecule has 0 aliphatic carbocycles. The molecule has 1 amide bonds. The number of aliphatic hydroxyl groups is 1. The molecule has 0 radical (unpaired) electrons. The van der Waals surface area contributed by atoms with Crippen LogP contribution in [0, 0.1) is 6.92 Å². The molecule has 0 spiro atoms. The molecule has 3 heterocycles. The Morgan fingerprint density at radius 3 is 2.22 bits per heavy atom. The number of nitrogens with one attached hydrogen (secondary N) is 1. The standard InChI is InChI=1S/C35H44N4O6/c1-21(2)19-39(20-25-12-11-15-44-25)33-37-31(42-9)29(32(38-33)43-10)36-30(40)28-14-13-24(45-28)17-23-18-27(35(7,8)41)26(16-22(23)3)34(4,5)6/h11-16,18,41H,1,17,19-20H2,2-10H3,(H,36,40). The maximum absolute atomic E-state index is 13.4. The normalized spacial score (nSPS) is 11.8. The van der Waals surface area contributed by atoms with Gasteiger partial charge in [0.25, 0.3) is 5.91 Å². The Bertz CT molecular complexity index is 1630. The molecule has 0 unspecified atom stereocenters. The van der Waals surface area contributed by atoms with Gasteiger partial charge in [0.2, 0.25) is 17.7 Å². The summed E-state index contributed by atoms with van der Waals surface area (Å²) in [7, 11) is 2.91. The van der Waals surface area contributed by atoms with Crippen molar-refractivity contribution in [2.75, 3.05) is 31.0 Å². The summed E-state index contributed by atoms with van der Waals surface area (Å²) >= 11 is 0. The first-order chi connectivity index (χ1) is 21.1. The molecule has 45 heavy (non-hydrogen) atoms. The lowest BCUT2D eigenvalue weighted by molar-refractivity contribution is 0.0764. The highest BCUT2D eigenvalue weighted by Gasteiger charge is 2.28. The second-order valence-electron chi connectivity index (χ2n) is 12.8. The third-order valence-corrected chi connectivity index (χ3v) is 7.32. The first kappa shape index (κ1) is 33.3. The summed E-state index contributed by atoms with van der Waals surface area (Å²) in [6.45, 7) is 18.8. The lowest BCUT2D eigenvalue weighted by Gasteiger charge is -2.30. The van der Waals surface area contributed by atoms with E-state index < -0.39 is 11.5 Å². The third-order valence-electron chi connectivity index (χ3n) is 7.32. The van der Waals surface area contributed by atoms with Crippen LogP contribution >= 0.6 is 0 Å². The Balaban J connectivity index is 1.59. The first-order valence-electron chi connectivity index (χ1n) is 14.8. The SMILES string of the molecule is C=C(C)CN(Cc1ccco1)c1nc(OC)c(NC(=O)c2ccc(Cc3cc(C(C)(C)O)c(C(C)(C)C)cc3C)o2)c(OC)n1. The van der Waals surface area contributed by atoms with Gasteiger partial charge in [0.1, 0.15) is 11.5 Å². The van der Waals surface area contributed by atoms with Crippen LogP contribution in [0.5, 0.6) is 11.8 Å². The molecule has 4 rings (SSSR count). The fourth-order valence-electron chi connectivity index (χ4n) is 5.10. The largest absolute Gasteiger partial charge is 0.479 e. The number of ether oxygens (including phenoxy) is 2. The second kappa shape index (κ2) is 13.2. The van der Waals surface area contributed by atoms with Gasteiger partial charge in [-0.05, 0) is 79.6 Å². The average molecular weight is 617 g/mol. The number of hydrogen-bond donors (Lipinski definition) is 2. The van der Waals surface area contributed by atoms with Gasteiger partial charge in [0, 0.05) is 13.0 Å². The number of anilines is 2. The van der Waals surface area contributed by atoms with Crippen molar-refractivity contribution in [3.8, 4) is 11.8 Å². The molecule has 0 fully saturated rings. The Hall–Kier alpha value is -4.57. The maximum atomic E-state index is 13.4. The van der Waals surface area contributed by atoms with E-state index in [1.54, 1.807) is 32.2 Å². The van der Waals surface area contributed by atoms with Crippen LogP contribution in [0.15, 0.2) is 63.6 Å². The molecule has 10 heteroatoms. The van der Waals surface area contributed by atoms with E-state index in [4.69, 9.17) is 18.3 Å². The topological polar surface area (TPSA) is 123 Å². The summed E-state index contributed by atoms with van der Waals surface area (Å²) in [5, 5.41) is 13.7. The zero-order valence-electron chi connectivity index (χ0n) is 27.7. The number of amides is 1. The molecule has 3 aromatic heterocycles. The van der Waals surface area contributed by atoms with Crippen LogP contribution in [0.4, 0.5) is 11.6 Å². The Labute approximate surface area is 265 Å². The van der Waals surface area contributed by atoms with E-state index in [1.807, 2.05) is 36.9 Å². The van der Waals surface area contributed by atoms with Crippen LogP contribution in [0.3, 0.4) is 0 Å². The monoisotopic (exact) mass is 616 g/mol. The molecule has 0 aliphatic rings. The molecule has 10 nitrogen and oxygen atoms in total. The highest BCUT2D eigenvalue weighted by Crippen LogP contribution is 2.36. The van der Waals surface area contributed by atoms with Crippen molar-refractivity contribution in [3.63, 3.8) is 0 Å². The van der Waals surface area contributed by atoms with Crippen LogP contribution in [-0.4, -0.2) is 41.7 Å². The van der Waals surface area contributed by atoms with Gasteiger partial charge in [-0.2, -0.15) is 9.97 Å². The summed E-state index contributed by atoms with van der Waals surface area (Å²) in [5.74, 6) is 1.48. The van der Waals surface area contributed by atoms with Gasteiger partial charge in [0.05, 0.1) is 32.6 Å². The highest BCUT2D eigenvalue weighted by molar-refractivity contribution is 6.03. The molecular formula is C35H44N4O6. The van der Waals surface area contributed by atoms with Crippen LogP contribution in [0.2, 0.25) is 0 Å². The van der Waals surface area contributed by atoms with Crippen molar-refractivity contribution >= 4 is 17.5 Å². The fraction of sp³-hybridized carbons (Fsp3) is 0.400. The van der Waals surface area contributed by atoms with Gasteiger partial charge < -0.3 is 33.6 Å². The minimum atomic E-state index is -1.02. The number of rotatable bonds is 12. The van der Waals surface area contributed by atoms with Crippen LogP contribution < -0.4 is 19.7 Å². The maximum Gasteiger partial charge on any atom is 0.291 e. The number of hydrogen-bond acceptors (Lipinski definition) is 9. The zero-order chi connectivity index (χ0) is 33.1. The predicted octanol–water partition coefficient (Wildman–Crippen LogP) is 6.94. The van der Waals surface area contributed by atoms with E-state index in [0.717, 1.165) is 33.6 Å². The van der Waals surface area contributed by atoms with Crippen molar-refractivity contribution in [1.82, 2.24) is 9.97 Å². The Kier molecular flexibility index (Phi) is 9.77. The van der Waals surface area contributed by atoms with Gasteiger partial charge in [-0.1, -0.05) is 45.1 Å². The van der Waals surface area contributed by atoms with E-state index in [2.05, 4.69) is 48.7 Å². The van der Waals surface area contributed by atoms with Crippen molar-refractivity contribution in [2.24, 2.45) is 0 Å².